The monoisotopic (exact) mass is 172 g/mol. The Morgan fingerprint density at radius 3 is 2.33 bits per heavy atom. The number of carbonyl (C=O) groups excluding carboxylic acids is 1. The lowest BCUT2D eigenvalue weighted by molar-refractivity contribution is -0.164. The third-order valence-corrected chi connectivity index (χ3v) is 2.42. The van der Waals surface area contributed by atoms with E-state index in [2.05, 4.69) is 4.74 Å². The Labute approximate surface area is 70.5 Å². The highest BCUT2D eigenvalue weighted by Crippen LogP contribution is 2.44. The molecular weight excluding hydrogens is 160 g/mol. The maximum atomic E-state index is 11.2. The van der Waals surface area contributed by atoms with Crippen LogP contribution in [0.4, 0.5) is 0 Å². The van der Waals surface area contributed by atoms with Crippen LogP contribution >= 0.6 is 0 Å². The zero-order chi connectivity index (χ0) is 9.19. The Morgan fingerprint density at radius 1 is 1.50 bits per heavy atom. The summed E-state index contributed by atoms with van der Waals surface area (Å²) in [5.41, 5.74) is -0.708. The van der Waals surface area contributed by atoms with Crippen molar-refractivity contribution in [2.75, 3.05) is 7.11 Å². The predicted molar refractivity (Wildman–Crippen MR) is 40.6 cm³/mol. The molecule has 4 heteroatoms. The van der Waals surface area contributed by atoms with Crippen LogP contribution in [0, 0.1) is 5.41 Å². The van der Waals surface area contributed by atoms with Crippen LogP contribution in [-0.2, 0) is 14.3 Å². The highest BCUT2D eigenvalue weighted by atomic mass is 16.5. The van der Waals surface area contributed by atoms with Crippen LogP contribution < -0.4 is 0 Å². The topological polar surface area (TPSA) is 63.6 Å². The molecule has 12 heavy (non-hydrogen) atoms. The van der Waals surface area contributed by atoms with Crippen molar-refractivity contribution in [1.82, 2.24) is 0 Å². The first kappa shape index (κ1) is 9.03. The van der Waals surface area contributed by atoms with Gasteiger partial charge in [-0.1, -0.05) is 6.42 Å². The van der Waals surface area contributed by atoms with Crippen LogP contribution in [0.15, 0.2) is 0 Å². The molecule has 4 nitrogen and oxygen atoms in total. The number of rotatable bonds is 3. The first-order valence-corrected chi connectivity index (χ1v) is 3.91. The summed E-state index contributed by atoms with van der Waals surface area (Å²) in [6, 6.07) is 0. The van der Waals surface area contributed by atoms with Crippen molar-refractivity contribution in [1.29, 1.82) is 0 Å². The van der Waals surface area contributed by atoms with Crippen LogP contribution in [0.3, 0.4) is 0 Å². The van der Waals surface area contributed by atoms with Gasteiger partial charge in [0.15, 0.2) is 0 Å². The van der Waals surface area contributed by atoms with Crippen molar-refractivity contribution in [3.8, 4) is 0 Å². The molecule has 1 saturated carbocycles. The molecule has 0 aliphatic heterocycles. The van der Waals surface area contributed by atoms with Crippen molar-refractivity contribution in [2.24, 2.45) is 5.41 Å². The number of methoxy groups -OCH3 is 1. The average Bonchev–Trinajstić information content (AvgIpc) is 1.95. The Balaban J connectivity index is 2.62. The summed E-state index contributed by atoms with van der Waals surface area (Å²) in [7, 11) is 1.30. The number of hydrogen-bond donors (Lipinski definition) is 1. The molecule has 1 N–H and O–H groups in total. The van der Waals surface area contributed by atoms with E-state index in [1.54, 1.807) is 0 Å². The van der Waals surface area contributed by atoms with Crippen molar-refractivity contribution >= 4 is 11.9 Å². The minimum absolute atomic E-state index is 0.0975. The Kier molecular flexibility index (Phi) is 2.35. The van der Waals surface area contributed by atoms with E-state index in [-0.39, 0.29) is 12.4 Å². The first-order chi connectivity index (χ1) is 5.60. The predicted octanol–water partition coefficient (Wildman–Crippen LogP) is 0.804. The fourth-order valence-electron chi connectivity index (χ4n) is 1.56. The van der Waals surface area contributed by atoms with Crippen LogP contribution in [0.2, 0.25) is 0 Å². The van der Waals surface area contributed by atoms with E-state index in [4.69, 9.17) is 5.11 Å². The molecule has 0 atom stereocenters. The van der Waals surface area contributed by atoms with Crippen molar-refractivity contribution < 1.29 is 19.4 Å². The van der Waals surface area contributed by atoms with Gasteiger partial charge in [0.1, 0.15) is 0 Å². The number of ether oxygens (including phenoxy) is 1. The largest absolute Gasteiger partial charge is 0.481 e. The van der Waals surface area contributed by atoms with Crippen LogP contribution in [-0.4, -0.2) is 24.2 Å². The fraction of sp³-hybridized carbons (Fsp3) is 0.750. The molecule has 1 aliphatic rings. The molecule has 0 aromatic carbocycles. The van der Waals surface area contributed by atoms with Crippen molar-refractivity contribution in [3.63, 3.8) is 0 Å². The molecule has 0 bridgehead atoms. The Bertz CT molecular complexity index is 205. The summed E-state index contributed by atoms with van der Waals surface area (Å²) in [6.07, 6.45) is 2.11. The quantitative estimate of drug-likeness (QED) is 0.639. The van der Waals surface area contributed by atoms with Gasteiger partial charge in [-0.05, 0) is 12.8 Å². The van der Waals surface area contributed by atoms with E-state index < -0.39 is 11.4 Å². The molecular formula is C8H12O4. The molecule has 68 valence electrons. The minimum atomic E-state index is -0.930. The molecule has 0 amide bonds. The van der Waals surface area contributed by atoms with Crippen LogP contribution in [0.1, 0.15) is 25.7 Å². The molecule has 1 fully saturated rings. The summed E-state index contributed by atoms with van der Waals surface area (Å²) in [5, 5.41) is 8.55. The number of carbonyl (C=O) groups is 2. The normalized spacial score (nSPS) is 19.4. The van der Waals surface area contributed by atoms with E-state index in [0.29, 0.717) is 12.8 Å². The molecule has 0 unspecified atom stereocenters. The van der Waals surface area contributed by atoms with Gasteiger partial charge >= 0.3 is 11.9 Å². The third-order valence-electron chi connectivity index (χ3n) is 2.42. The molecule has 0 spiro atoms. The second-order valence-electron chi connectivity index (χ2n) is 3.20. The van der Waals surface area contributed by atoms with Gasteiger partial charge in [-0.3, -0.25) is 9.59 Å². The van der Waals surface area contributed by atoms with Gasteiger partial charge in [-0.15, -0.1) is 0 Å². The fourth-order valence-corrected chi connectivity index (χ4v) is 1.56. The highest BCUT2D eigenvalue weighted by Gasteiger charge is 2.46. The third kappa shape index (κ3) is 1.42. The Morgan fingerprint density at radius 2 is 2.08 bits per heavy atom. The second kappa shape index (κ2) is 3.13. The van der Waals surface area contributed by atoms with Crippen molar-refractivity contribution in [3.05, 3.63) is 0 Å². The smallest absolute Gasteiger partial charge is 0.312 e. The van der Waals surface area contributed by atoms with Gasteiger partial charge in [0.2, 0.25) is 0 Å². The summed E-state index contributed by atoms with van der Waals surface area (Å²) in [5.74, 6) is -1.31. The van der Waals surface area contributed by atoms with E-state index in [0.717, 1.165) is 6.42 Å². The lowest BCUT2D eigenvalue weighted by Gasteiger charge is -2.37. The van der Waals surface area contributed by atoms with Crippen LogP contribution in [0.5, 0.6) is 0 Å². The minimum Gasteiger partial charge on any atom is -0.481 e. The van der Waals surface area contributed by atoms with Crippen molar-refractivity contribution in [2.45, 2.75) is 25.7 Å². The molecule has 0 aromatic rings. The molecule has 0 heterocycles. The number of esters is 1. The molecule has 1 aliphatic carbocycles. The zero-order valence-electron chi connectivity index (χ0n) is 7.00. The summed E-state index contributed by atoms with van der Waals surface area (Å²) in [4.78, 5) is 21.6. The molecule has 0 aromatic heterocycles. The van der Waals surface area contributed by atoms with E-state index >= 15 is 0 Å². The molecule has 0 saturated heterocycles. The molecule has 1 rings (SSSR count). The van der Waals surface area contributed by atoms with Gasteiger partial charge in [0.05, 0.1) is 18.9 Å². The Hall–Kier alpha value is -1.06. The van der Waals surface area contributed by atoms with Gasteiger partial charge in [0.25, 0.3) is 0 Å². The maximum Gasteiger partial charge on any atom is 0.312 e. The lowest BCUT2D eigenvalue weighted by atomic mass is 9.67. The lowest BCUT2D eigenvalue weighted by Crippen LogP contribution is -2.40. The SMILES string of the molecule is COC(=O)C1(CC(=O)O)CCC1. The first-order valence-electron chi connectivity index (χ1n) is 3.91. The zero-order valence-corrected chi connectivity index (χ0v) is 7.00. The highest BCUT2D eigenvalue weighted by molar-refractivity contribution is 5.83. The number of carboxylic acid groups (broad SMARTS) is 1. The molecule has 0 radical (unpaired) electrons. The summed E-state index contributed by atoms with van der Waals surface area (Å²) < 4.78 is 4.56. The average molecular weight is 172 g/mol. The van der Waals surface area contributed by atoms with E-state index in [1.165, 1.54) is 7.11 Å². The standard InChI is InChI=1S/C8H12O4/c1-12-7(11)8(3-2-4-8)5-6(9)10/h2-5H2,1H3,(H,9,10). The van der Waals surface area contributed by atoms with Gasteiger partial charge in [-0.25, -0.2) is 0 Å². The summed E-state index contributed by atoms with van der Waals surface area (Å²) >= 11 is 0. The maximum absolute atomic E-state index is 11.2. The van der Waals surface area contributed by atoms with E-state index in [9.17, 15) is 9.59 Å². The van der Waals surface area contributed by atoms with E-state index in [1.807, 2.05) is 0 Å². The van der Waals surface area contributed by atoms with Gasteiger partial charge in [0, 0.05) is 0 Å². The van der Waals surface area contributed by atoms with Crippen LogP contribution in [0.25, 0.3) is 0 Å². The summed E-state index contributed by atoms with van der Waals surface area (Å²) in [6.45, 7) is 0. The number of carboxylic acids is 1. The van der Waals surface area contributed by atoms with Gasteiger partial charge in [-0.2, -0.15) is 0 Å². The number of hydrogen-bond acceptors (Lipinski definition) is 3. The van der Waals surface area contributed by atoms with Gasteiger partial charge < -0.3 is 9.84 Å². The number of aliphatic carboxylic acids is 1. The second-order valence-corrected chi connectivity index (χ2v) is 3.20.